The summed E-state index contributed by atoms with van der Waals surface area (Å²) in [6.07, 6.45) is 3.58. The van der Waals surface area contributed by atoms with E-state index in [1.165, 1.54) is 0 Å². The van der Waals surface area contributed by atoms with Crippen LogP contribution in [0.2, 0.25) is 0 Å². The summed E-state index contributed by atoms with van der Waals surface area (Å²) >= 11 is 5.27. The number of alkyl halides is 1. The molecular formula is C26H22BrN5O2S. The standard InChI is InChI=1S/C26H22BrN5O2S/c1-26(35-19-10-7-16(8-11-19)13-22(33)34)23(27)24(28)32-25(31-26)20(15-30-32)18-9-12-21(29-14-18)17-5-3-2-4-6-17/h2-12,14-15,23,28,31H,13H2,1H3,(H,33,34). The molecule has 2 unspecified atom stereocenters. The maximum absolute atomic E-state index is 11.0. The Hall–Kier alpha value is -3.43. The van der Waals surface area contributed by atoms with Gasteiger partial charge in [-0.15, -0.1) is 0 Å². The van der Waals surface area contributed by atoms with Crippen LogP contribution in [-0.4, -0.2) is 41.4 Å². The minimum Gasteiger partial charge on any atom is -0.481 e. The van der Waals surface area contributed by atoms with Crippen molar-refractivity contribution in [2.75, 3.05) is 5.32 Å². The normalized spacial score (nSPS) is 19.1. The number of carboxylic acid groups (broad SMARTS) is 1. The Morgan fingerprint density at radius 2 is 1.86 bits per heavy atom. The fraction of sp³-hybridized carbons (Fsp3) is 0.154. The van der Waals surface area contributed by atoms with Gasteiger partial charge in [-0.2, -0.15) is 5.10 Å². The fourth-order valence-corrected chi connectivity index (χ4v) is 5.75. The van der Waals surface area contributed by atoms with Crippen LogP contribution >= 0.6 is 27.7 Å². The number of hydrogen-bond donors (Lipinski definition) is 3. The van der Waals surface area contributed by atoms with Crippen LogP contribution in [-0.2, 0) is 11.2 Å². The lowest BCUT2D eigenvalue weighted by atomic mass is 10.1. The van der Waals surface area contributed by atoms with E-state index >= 15 is 0 Å². The van der Waals surface area contributed by atoms with E-state index in [1.807, 2.05) is 79.9 Å². The second-order valence-corrected chi connectivity index (χ2v) is 10.9. The zero-order chi connectivity index (χ0) is 24.6. The Bertz CT molecular complexity index is 1390. The lowest BCUT2D eigenvalue weighted by Gasteiger charge is -2.40. The van der Waals surface area contributed by atoms with E-state index in [-0.39, 0.29) is 11.2 Å². The SMILES string of the molecule is CC1(Sc2ccc(CC(=O)O)cc2)Nc2c(-c3ccc(-c4ccccc4)nc3)cnn2C(=N)C1Br. The predicted molar refractivity (Wildman–Crippen MR) is 142 cm³/mol. The van der Waals surface area contributed by atoms with Gasteiger partial charge in [0.05, 0.1) is 18.3 Å². The van der Waals surface area contributed by atoms with Gasteiger partial charge in [-0.25, -0.2) is 4.68 Å². The highest BCUT2D eigenvalue weighted by Gasteiger charge is 2.43. The minimum absolute atomic E-state index is 0.00811. The average Bonchev–Trinajstić information content (AvgIpc) is 3.27. The molecule has 0 bridgehead atoms. The molecule has 2 atom stereocenters. The number of benzene rings is 2. The van der Waals surface area contributed by atoms with Crippen LogP contribution in [0, 0.1) is 5.41 Å². The van der Waals surface area contributed by atoms with Gasteiger partial charge in [-0.1, -0.05) is 76.2 Å². The van der Waals surface area contributed by atoms with E-state index in [0.29, 0.717) is 5.84 Å². The van der Waals surface area contributed by atoms with Gasteiger partial charge in [-0.3, -0.25) is 15.2 Å². The molecular weight excluding hydrogens is 526 g/mol. The molecule has 3 N–H and O–H groups in total. The number of thioether (sulfide) groups is 1. The van der Waals surface area contributed by atoms with Crippen LogP contribution in [0.3, 0.4) is 0 Å². The molecule has 176 valence electrons. The maximum Gasteiger partial charge on any atom is 0.307 e. The first-order valence-corrected chi connectivity index (χ1v) is 12.7. The first kappa shape index (κ1) is 23.3. The number of nitrogens with one attached hydrogen (secondary N) is 2. The molecule has 0 saturated heterocycles. The largest absolute Gasteiger partial charge is 0.481 e. The summed E-state index contributed by atoms with van der Waals surface area (Å²) in [7, 11) is 0. The maximum atomic E-state index is 11.0. The van der Waals surface area contributed by atoms with Crippen molar-refractivity contribution in [1.82, 2.24) is 14.8 Å². The Morgan fingerprint density at radius 1 is 1.11 bits per heavy atom. The number of aromatic nitrogens is 3. The topological polar surface area (TPSA) is 104 Å². The molecule has 0 saturated carbocycles. The summed E-state index contributed by atoms with van der Waals surface area (Å²) in [6.45, 7) is 2.04. The number of carbonyl (C=O) groups is 1. The van der Waals surface area contributed by atoms with E-state index in [9.17, 15) is 4.79 Å². The molecule has 2 aromatic heterocycles. The Kier molecular flexibility index (Phi) is 6.21. The average molecular weight is 548 g/mol. The van der Waals surface area contributed by atoms with Gasteiger partial charge in [0.25, 0.3) is 0 Å². The zero-order valence-corrected chi connectivity index (χ0v) is 21.2. The van der Waals surface area contributed by atoms with Crippen molar-refractivity contribution < 1.29 is 9.90 Å². The smallest absolute Gasteiger partial charge is 0.307 e. The summed E-state index contributed by atoms with van der Waals surface area (Å²) in [5.41, 5.74) is 4.47. The Labute approximate surface area is 215 Å². The summed E-state index contributed by atoms with van der Waals surface area (Å²) in [5, 5.41) is 25.8. The van der Waals surface area contributed by atoms with Crippen LogP contribution in [0.5, 0.6) is 0 Å². The van der Waals surface area contributed by atoms with E-state index in [2.05, 4.69) is 31.3 Å². The number of carboxylic acids is 1. The summed E-state index contributed by atoms with van der Waals surface area (Å²) in [6, 6.07) is 21.5. The molecule has 3 heterocycles. The van der Waals surface area contributed by atoms with Crippen molar-refractivity contribution in [2.45, 2.75) is 27.9 Å². The van der Waals surface area contributed by atoms with Gasteiger partial charge in [0.2, 0.25) is 0 Å². The predicted octanol–water partition coefficient (Wildman–Crippen LogP) is 5.76. The van der Waals surface area contributed by atoms with Crippen molar-refractivity contribution in [2.24, 2.45) is 0 Å². The first-order chi connectivity index (χ1) is 16.8. The quantitative estimate of drug-likeness (QED) is 0.265. The van der Waals surface area contributed by atoms with E-state index in [4.69, 9.17) is 10.5 Å². The highest BCUT2D eigenvalue weighted by Crippen LogP contribution is 2.45. The molecule has 0 spiro atoms. The third kappa shape index (κ3) is 4.61. The number of halogens is 1. The number of anilines is 1. The fourth-order valence-electron chi connectivity index (χ4n) is 4.03. The van der Waals surface area contributed by atoms with E-state index < -0.39 is 10.8 Å². The van der Waals surface area contributed by atoms with Gasteiger partial charge in [0.15, 0.2) is 0 Å². The molecule has 5 rings (SSSR count). The Morgan fingerprint density at radius 3 is 2.51 bits per heavy atom. The number of fused-ring (bicyclic) bond motifs is 1. The molecule has 4 aromatic rings. The van der Waals surface area contributed by atoms with Crippen LogP contribution in [0.4, 0.5) is 5.82 Å². The molecule has 0 fully saturated rings. The number of hydrogen-bond acceptors (Lipinski definition) is 6. The zero-order valence-electron chi connectivity index (χ0n) is 18.8. The number of pyridine rings is 1. The van der Waals surface area contributed by atoms with Gasteiger partial charge >= 0.3 is 5.97 Å². The number of aliphatic carboxylic acids is 1. The van der Waals surface area contributed by atoms with Crippen LogP contribution in [0.1, 0.15) is 12.5 Å². The molecule has 2 aromatic carbocycles. The summed E-state index contributed by atoms with van der Waals surface area (Å²) in [5.74, 6) is 0.209. The third-order valence-corrected chi connectivity index (χ3v) is 8.76. The van der Waals surface area contributed by atoms with Crippen LogP contribution < -0.4 is 5.32 Å². The minimum atomic E-state index is -0.854. The van der Waals surface area contributed by atoms with Gasteiger partial charge in [-0.05, 0) is 30.7 Å². The van der Waals surface area contributed by atoms with Gasteiger partial charge in [0.1, 0.15) is 21.4 Å². The molecule has 7 nitrogen and oxygen atoms in total. The number of rotatable bonds is 6. The van der Waals surface area contributed by atoms with E-state index in [0.717, 1.165) is 38.7 Å². The molecule has 9 heteroatoms. The molecule has 0 radical (unpaired) electrons. The van der Waals surface area contributed by atoms with Gasteiger partial charge in [0, 0.05) is 27.8 Å². The first-order valence-electron chi connectivity index (χ1n) is 10.9. The molecule has 35 heavy (non-hydrogen) atoms. The highest BCUT2D eigenvalue weighted by atomic mass is 79.9. The van der Waals surface area contributed by atoms with E-state index in [1.54, 1.807) is 22.6 Å². The number of nitrogens with zero attached hydrogens (tertiary/aromatic N) is 3. The Balaban J connectivity index is 1.43. The van der Waals surface area contributed by atoms with Crippen molar-refractivity contribution in [1.29, 1.82) is 5.41 Å². The summed E-state index contributed by atoms with van der Waals surface area (Å²) in [4.78, 5) is 15.7. The second kappa shape index (κ2) is 9.31. The second-order valence-electron chi connectivity index (χ2n) is 8.41. The lowest BCUT2D eigenvalue weighted by Crippen LogP contribution is -2.51. The van der Waals surface area contributed by atoms with Crippen LogP contribution in [0.15, 0.2) is 84.0 Å². The molecule has 1 aliphatic rings. The van der Waals surface area contributed by atoms with Crippen molar-refractivity contribution in [3.63, 3.8) is 0 Å². The summed E-state index contributed by atoms with van der Waals surface area (Å²) < 4.78 is 1.61. The molecule has 0 amide bonds. The van der Waals surface area contributed by atoms with Crippen molar-refractivity contribution in [3.05, 3.63) is 84.7 Å². The van der Waals surface area contributed by atoms with Crippen molar-refractivity contribution >= 4 is 45.3 Å². The van der Waals surface area contributed by atoms with Crippen molar-refractivity contribution in [3.8, 4) is 22.4 Å². The lowest BCUT2D eigenvalue weighted by molar-refractivity contribution is -0.136. The monoisotopic (exact) mass is 547 g/mol. The van der Waals surface area contributed by atoms with Crippen LogP contribution in [0.25, 0.3) is 22.4 Å². The molecule has 1 aliphatic heterocycles. The van der Waals surface area contributed by atoms with Gasteiger partial charge < -0.3 is 10.4 Å². The molecule has 0 aliphatic carbocycles. The highest BCUT2D eigenvalue weighted by molar-refractivity contribution is 9.10. The third-order valence-electron chi connectivity index (χ3n) is 5.84.